The van der Waals surface area contributed by atoms with Gasteiger partial charge in [-0.2, -0.15) is 0 Å². The number of benzene rings is 2. The molecule has 1 aromatic heterocycles. The van der Waals surface area contributed by atoms with Crippen LogP contribution >= 0.6 is 0 Å². The Kier molecular flexibility index (Phi) is 4.88. The summed E-state index contributed by atoms with van der Waals surface area (Å²) >= 11 is 0. The predicted octanol–water partition coefficient (Wildman–Crippen LogP) is 3.68. The number of aryl methyl sites for hydroxylation is 1. The Hall–Kier alpha value is -3.36. The summed E-state index contributed by atoms with van der Waals surface area (Å²) in [6.45, 7) is 3.61. The van der Waals surface area contributed by atoms with Crippen LogP contribution in [0.2, 0.25) is 0 Å². The van der Waals surface area contributed by atoms with Gasteiger partial charge in [0.05, 0.1) is 11.1 Å². The summed E-state index contributed by atoms with van der Waals surface area (Å²) in [5.41, 5.74) is 3.82. The van der Waals surface area contributed by atoms with Crippen LogP contribution in [0.3, 0.4) is 0 Å². The van der Waals surface area contributed by atoms with E-state index in [2.05, 4.69) is 21.5 Å². The molecule has 2 fully saturated rings. The van der Waals surface area contributed by atoms with Crippen molar-refractivity contribution in [2.45, 2.75) is 37.8 Å². The van der Waals surface area contributed by atoms with E-state index in [4.69, 9.17) is 11.2 Å². The molecule has 2 N–H and O–H groups in total. The summed E-state index contributed by atoms with van der Waals surface area (Å²) in [5.74, 6) is 3.35. The van der Waals surface area contributed by atoms with Gasteiger partial charge in [0.25, 0.3) is 5.91 Å². The van der Waals surface area contributed by atoms with Gasteiger partial charge in [-0.1, -0.05) is 18.1 Å². The molecule has 31 heavy (non-hydrogen) atoms. The maximum atomic E-state index is 13.3. The van der Waals surface area contributed by atoms with Crippen LogP contribution in [0.15, 0.2) is 48.7 Å². The third-order valence-corrected chi connectivity index (χ3v) is 6.34. The minimum atomic E-state index is -0.412. The van der Waals surface area contributed by atoms with Gasteiger partial charge >= 0.3 is 0 Å². The standard InChI is InChI=1S/C26H25N3O2/c1-3-18-13-23(21-5-4-11-28-24(21)14-18)26(9-10-26)29-25(30)22-15-20(7-6-17(22)2)31-16-19-8-12-27-19/h1,4-7,11,13-15,19,27H,8-10,12,16H2,2H3,(H,29,30)/t19-/m0/s1. The van der Waals surface area contributed by atoms with Crippen LogP contribution in [0.25, 0.3) is 10.9 Å². The number of rotatable bonds is 6. The van der Waals surface area contributed by atoms with Crippen LogP contribution in [0.5, 0.6) is 5.75 Å². The Balaban J connectivity index is 1.42. The highest BCUT2D eigenvalue weighted by Gasteiger charge is 2.47. The molecule has 5 nitrogen and oxygen atoms in total. The van der Waals surface area contributed by atoms with Crippen molar-refractivity contribution < 1.29 is 9.53 Å². The first-order chi connectivity index (χ1) is 15.1. The van der Waals surface area contributed by atoms with Gasteiger partial charge in [-0.25, -0.2) is 0 Å². The van der Waals surface area contributed by atoms with E-state index in [1.165, 1.54) is 0 Å². The average molecular weight is 412 g/mol. The Morgan fingerprint density at radius 2 is 2.16 bits per heavy atom. The number of pyridine rings is 1. The van der Waals surface area contributed by atoms with Gasteiger partial charge in [-0.05, 0) is 74.2 Å². The summed E-state index contributed by atoms with van der Waals surface area (Å²) in [6, 6.07) is 14.0. The van der Waals surface area contributed by atoms with Gasteiger partial charge in [0, 0.05) is 28.8 Å². The summed E-state index contributed by atoms with van der Waals surface area (Å²) in [6.07, 6.45) is 10.3. The average Bonchev–Trinajstić information content (AvgIpc) is 3.53. The first kappa shape index (κ1) is 19.6. The third-order valence-electron chi connectivity index (χ3n) is 6.34. The number of hydrogen-bond acceptors (Lipinski definition) is 4. The number of nitrogens with zero attached hydrogens (tertiary/aromatic N) is 1. The molecule has 2 heterocycles. The quantitative estimate of drug-likeness (QED) is 0.608. The topological polar surface area (TPSA) is 63.2 Å². The molecule has 156 valence electrons. The number of terminal acetylenes is 1. The molecule has 0 spiro atoms. The Labute approximate surface area is 182 Å². The minimum absolute atomic E-state index is 0.0922. The lowest BCUT2D eigenvalue weighted by Gasteiger charge is -2.27. The number of nitrogens with one attached hydrogen (secondary N) is 2. The van der Waals surface area contributed by atoms with Crippen LogP contribution in [-0.4, -0.2) is 30.1 Å². The zero-order valence-electron chi connectivity index (χ0n) is 17.6. The number of carbonyl (C=O) groups is 1. The van der Waals surface area contributed by atoms with E-state index < -0.39 is 5.54 Å². The zero-order valence-corrected chi connectivity index (χ0v) is 17.6. The number of fused-ring (bicyclic) bond motifs is 1. The number of hydrogen-bond donors (Lipinski definition) is 2. The fourth-order valence-electron chi connectivity index (χ4n) is 4.16. The van der Waals surface area contributed by atoms with E-state index in [0.717, 1.165) is 59.2 Å². The lowest BCUT2D eigenvalue weighted by atomic mass is 9.96. The lowest BCUT2D eigenvalue weighted by molar-refractivity contribution is 0.0930. The van der Waals surface area contributed by atoms with E-state index in [1.807, 2.05) is 49.4 Å². The summed E-state index contributed by atoms with van der Waals surface area (Å²) < 4.78 is 5.90. The molecule has 1 atom stereocenters. The second-order valence-corrected chi connectivity index (χ2v) is 8.50. The Morgan fingerprint density at radius 3 is 2.87 bits per heavy atom. The van der Waals surface area contributed by atoms with Gasteiger partial charge < -0.3 is 15.4 Å². The second-order valence-electron chi connectivity index (χ2n) is 8.50. The van der Waals surface area contributed by atoms with Crippen LogP contribution in [0.4, 0.5) is 0 Å². The van der Waals surface area contributed by atoms with Crippen molar-refractivity contribution >= 4 is 16.8 Å². The molecule has 1 aliphatic heterocycles. The molecular weight excluding hydrogens is 386 g/mol. The first-order valence-corrected chi connectivity index (χ1v) is 10.7. The second kappa shape index (κ2) is 7.72. The fourth-order valence-corrected chi connectivity index (χ4v) is 4.16. The molecule has 1 saturated carbocycles. The zero-order chi connectivity index (χ0) is 21.4. The van der Waals surface area contributed by atoms with Gasteiger partial charge in [0.1, 0.15) is 12.4 Å². The smallest absolute Gasteiger partial charge is 0.252 e. The first-order valence-electron chi connectivity index (χ1n) is 10.7. The van der Waals surface area contributed by atoms with Crippen molar-refractivity contribution in [2.24, 2.45) is 0 Å². The normalized spacial score (nSPS) is 18.6. The molecule has 1 aliphatic carbocycles. The number of ether oxygens (including phenoxy) is 1. The van der Waals surface area contributed by atoms with Gasteiger partial charge in [-0.3, -0.25) is 9.78 Å². The molecule has 2 aromatic carbocycles. The van der Waals surface area contributed by atoms with Gasteiger partial charge in [-0.15, -0.1) is 6.42 Å². The van der Waals surface area contributed by atoms with Crippen molar-refractivity contribution in [3.8, 4) is 18.1 Å². The molecule has 0 unspecified atom stereocenters. The molecule has 5 rings (SSSR count). The molecule has 2 aliphatic rings. The van der Waals surface area contributed by atoms with E-state index >= 15 is 0 Å². The molecule has 0 radical (unpaired) electrons. The number of amides is 1. The molecule has 0 bridgehead atoms. The number of carbonyl (C=O) groups excluding carboxylic acids is 1. The van der Waals surface area contributed by atoms with Crippen molar-refractivity contribution in [1.82, 2.24) is 15.6 Å². The summed E-state index contributed by atoms with van der Waals surface area (Å²) in [5, 5.41) is 7.65. The van der Waals surface area contributed by atoms with Crippen molar-refractivity contribution in [3.05, 3.63) is 70.9 Å². The highest BCUT2D eigenvalue weighted by Crippen LogP contribution is 2.48. The monoisotopic (exact) mass is 411 g/mol. The van der Waals surface area contributed by atoms with Crippen molar-refractivity contribution in [1.29, 1.82) is 0 Å². The predicted molar refractivity (Wildman–Crippen MR) is 121 cm³/mol. The molecule has 1 saturated heterocycles. The highest BCUT2D eigenvalue weighted by atomic mass is 16.5. The van der Waals surface area contributed by atoms with E-state index in [9.17, 15) is 4.79 Å². The summed E-state index contributed by atoms with van der Waals surface area (Å²) in [4.78, 5) is 17.8. The van der Waals surface area contributed by atoms with E-state index in [1.54, 1.807) is 6.20 Å². The van der Waals surface area contributed by atoms with Crippen LogP contribution in [0, 0.1) is 19.3 Å². The maximum Gasteiger partial charge on any atom is 0.252 e. The highest BCUT2D eigenvalue weighted by molar-refractivity contribution is 5.97. The van der Waals surface area contributed by atoms with Crippen molar-refractivity contribution in [2.75, 3.05) is 13.2 Å². The van der Waals surface area contributed by atoms with Crippen LogP contribution in [-0.2, 0) is 5.54 Å². The molecule has 5 heteroatoms. The third kappa shape index (κ3) is 3.75. The lowest BCUT2D eigenvalue weighted by Crippen LogP contribution is -2.46. The molecule has 3 aromatic rings. The van der Waals surface area contributed by atoms with E-state index in [0.29, 0.717) is 18.2 Å². The Bertz CT molecular complexity index is 1200. The molecule has 1 amide bonds. The minimum Gasteiger partial charge on any atom is -0.492 e. The largest absolute Gasteiger partial charge is 0.492 e. The fraction of sp³-hybridized carbons (Fsp3) is 0.308. The van der Waals surface area contributed by atoms with Crippen LogP contribution < -0.4 is 15.4 Å². The SMILES string of the molecule is C#Cc1cc(C2(NC(=O)c3cc(OC[C@@H]4CCN4)ccc3C)CC2)c2cccnc2c1. The molecular formula is C26H25N3O2. The van der Waals surface area contributed by atoms with Crippen LogP contribution in [0.1, 0.15) is 46.3 Å². The maximum absolute atomic E-state index is 13.3. The summed E-state index contributed by atoms with van der Waals surface area (Å²) in [7, 11) is 0. The van der Waals surface area contributed by atoms with Gasteiger partial charge in [0.2, 0.25) is 0 Å². The number of aromatic nitrogens is 1. The van der Waals surface area contributed by atoms with Crippen molar-refractivity contribution in [3.63, 3.8) is 0 Å². The Morgan fingerprint density at radius 1 is 1.32 bits per heavy atom. The van der Waals surface area contributed by atoms with E-state index in [-0.39, 0.29) is 5.91 Å². The van der Waals surface area contributed by atoms with Gasteiger partial charge in [0.15, 0.2) is 0 Å².